The number of hydrogen-bond acceptors (Lipinski definition) is 5. The van der Waals surface area contributed by atoms with Crippen molar-refractivity contribution in [3.8, 4) is 5.75 Å². The van der Waals surface area contributed by atoms with Crippen molar-refractivity contribution in [3.63, 3.8) is 0 Å². The molecule has 0 saturated carbocycles. The molecular formula is C21H32N4O2. The molecule has 1 unspecified atom stereocenters. The van der Waals surface area contributed by atoms with Gasteiger partial charge in [-0.15, -0.1) is 0 Å². The Labute approximate surface area is 162 Å². The zero-order chi connectivity index (χ0) is 19.1. The van der Waals surface area contributed by atoms with Crippen LogP contribution in [0.1, 0.15) is 25.8 Å². The largest absolute Gasteiger partial charge is 0.490 e. The predicted octanol–water partition coefficient (Wildman–Crippen LogP) is 2.08. The number of carbonyl (C=O) groups is 1. The highest BCUT2D eigenvalue weighted by atomic mass is 16.5. The number of hydrogen-bond donors (Lipinski definition) is 2. The highest BCUT2D eigenvalue weighted by Gasteiger charge is 2.23. The molecule has 148 valence electrons. The van der Waals surface area contributed by atoms with Crippen LogP contribution in [0.4, 0.5) is 5.69 Å². The van der Waals surface area contributed by atoms with Gasteiger partial charge in [-0.3, -0.25) is 9.69 Å². The van der Waals surface area contributed by atoms with Crippen molar-refractivity contribution in [2.24, 2.45) is 0 Å². The SMILES string of the molecule is C/C=C/NC(=O)CCN1CCN(CCc2ccc3c(c2)OCCN3)CC1C. The smallest absolute Gasteiger partial charge is 0.225 e. The Morgan fingerprint density at radius 3 is 3.07 bits per heavy atom. The van der Waals surface area contributed by atoms with Gasteiger partial charge in [0, 0.05) is 51.7 Å². The summed E-state index contributed by atoms with van der Waals surface area (Å²) in [5.41, 5.74) is 2.43. The molecule has 3 rings (SSSR count). The minimum atomic E-state index is 0.0897. The third-order valence-electron chi connectivity index (χ3n) is 5.32. The van der Waals surface area contributed by atoms with Gasteiger partial charge in [0.05, 0.1) is 5.69 Å². The maximum Gasteiger partial charge on any atom is 0.225 e. The summed E-state index contributed by atoms with van der Waals surface area (Å²) in [5, 5.41) is 6.15. The van der Waals surface area contributed by atoms with Crippen LogP contribution in [0.5, 0.6) is 5.75 Å². The highest BCUT2D eigenvalue weighted by molar-refractivity contribution is 5.77. The van der Waals surface area contributed by atoms with E-state index in [0.29, 0.717) is 12.5 Å². The Morgan fingerprint density at radius 2 is 2.26 bits per heavy atom. The summed E-state index contributed by atoms with van der Waals surface area (Å²) in [6, 6.07) is 6.97. The Bertz CT molecular complexity index is 662. The molecule has 2 N–H and O–H groups in total. The van der Waals surface area contributed by atoms with Gasteiger partial charge >= 0.3 is 0 Å². The van der Waals surface area contributed by atoms with E-state index in [0.717, 1.165) is 63.7 Å². The molecule has 6 heteroatoms. The number of ether oxygens (including phenoxy) is 1. The van der Waals surface area contributed by atoms with Gasteiger partial charge in [0.2, 0.25) is 5.91 Å². The fourth-order valence-electron chi connectivity index (χ4n) is 3.72. The van der Waals surface area contributed by atoms with Crippen molar-refractivity contribution in [3.05, 3.63) is 36.0 Å². The molecule has 2 aliphatic heterocycles. The average molecular weight is 373 g/mol. The first-order chi connectivity index (χ1) is 13.2. The second-order valence-electron chi connectivity index (χ2n) is 7.36. The Hall–Kier alpha value is -2.05. The van der Waals surface area contributed by atoms with Crippen molar-refractivity contribution in [2.75, 3.05) is 51.2 Å². The molecule has 1 fully saturated rings. The maximum absolute atomic E-state index is 11.8. The average Bonchev–Trinajstić information content (AvgIpc) is 2.69. The number of piperazine rings is 1. The number of rotatable bonds is 7. The van der Waals surface area contributed by atoms with Crippen LogP contribution in [-0.2, 0) is 11.2 Å². The first-order valence-electron chi connectivity index (χ1n) is 10.0. The van der Waals surface area contributed by atoms with Gasteiger partial charge in [-0.2, -0.15) is 0 Å². The summed E-state index contributed by atoms with van der Waals surface area (Å²) in [6.45, 7) is 10.8. The monoisotopic (exact) mass is 372 g/mol. The van der Waals surface area contributed by atoms with Gasteiger partial charge < -0.3 is 20.3 Å². The van der Waals surface area contributed by atoms with Crippen LogP contribution in [0.3, 0.4) is 0 Å². The van der Waals surface area contributed by atoms with Crippen molar-refractivity contribution < 1.29 is 9.53 Å². The first-order valence-corrected chi connectivity index (χ1v) is 10.0. The summed E-state index contributed by atoms with van der Waals surface area (Å²) in [6.07, 6.45) is 5.13. The lowest BCUT2D eigenvalue weighted by molar-refractivity contribution is -0.120. The maximum atomic E-state index is 11.8. The molecule has 6 nitrogen and oxygen atoms in total. The molecule has 1 aromatic rings. The van der Waals surface area contributed by atoms with Gasteiger partial charge in [-0.25, -0.2) is 0 Å². The Kier molecular flexibility index (Phi) is 7.12. The quantitative estimate of drug-likeness (QED) is 0.768. The van der Waals surface area contributed by atoms with Crippen molar-refractivity contribution in [1.29, 1.82) is 0 Å². The van der Waals surface area contributed by atoms with Crippen LogP contribution in [0.15, 0.2) is 30.5 Å². The molecular weight excluding hydrogens is 340 g/mol. The number of carbonyl (C=O) groups excluding carboxylic acids is 1. The molecule has 1 amide bonds. The van der Waals surface area contributed by atoms with Crippen LogP contribution in [0.25, 0.3) is 0 Å². The van der Waals surface area contributed by atoms with Crippen molar-refractivity contribution >= 4 is 11.6 Å². The van der Waals surface area contributed by atoms with E-state index < -0.39 is 0 Å². The molecule has 0 bridgehead atoms. The Morgan fingerprint density at radius 1 is 1.37 bits per heavy atom. The number of amides is 1. The van der Waals surface area contributed by atoms with E-state index in [1.807, 2.05) is 13.0 Å². The lowest BCUT2D eigenvalue weighted by Crippen LogP contribution is -2.52. The third-order valence-corrected chi connectivity index (χ3v) is 5.32. The molecule has 27 heavy (non-hydrogen) atoms. The molecule has 2 heterocycles. The molecule has 0 aromatic heterocycles. The topological polar surface area (TPSA) is 56.8 Å². The zero-order valence-corrected chi connectivity index (χ0v) is 16.5. The Balaban J connectivity index is 1.41. The molecule has 1 atom stereocenters. The van der Waals surface area contributed by atoms with E-state index in [1.54, 1.807) is 6.20 Å². The summed E-state index contributed by atoms with van der Waals surface area (Å²) in [4.78, 5) is 16.7. The zero-order valence-electron chi connectivity index (χ0n) is 16.5. The number of nitrogens with zero attached hydrogens (tertiary/aromatic N) is 2. The number of anilines is 1. The van der Waals surface area contributed by atoms with E-state index in [2.05, 4.69) is 45.6 Å². The lowest BCUT2D eigenvalue weighted by atomic mass is 10.1. The predicted molar refractivity (Wildman–Crippen MR) is 109 cm³/mol. The summed E-state index contributed by atoms with van der Waals surface area (Å²) < 4.78 is 5.74. The van der Waals surface area contributed by atoms with Crippen molar-refractivity contribution in [2.45, 2.75) is 32.7 Å². The van der Waals surface area contributed by atoms with E-state index in [-0.39, 0.29) is 5.91 Å². The summed E-state index contributed by atoms with van der Waals surface area (Å²) >= 11 is 0. The van der Waals surface area contributed by atoms with E-state index >= 15 is 0 Å². The highest BCUT2D eigenvalue weighted by Crippen LogP contribution is 2.28. The minimum Gasteiger partial charge on any atom is -0.490 e. The molecule has 0 aliphatic carbocycles. The molecule has 0 spiro atoms. The van der Waals surface area contributed by atoms with Gasteiger partial charge in [0.1, 0.15) is 12.4 Å². The summed E-state index contributed by atoms with van der Waals surface area (Å²) in [7, 11) is 0. The normalized spacial score (nSPS) is 20.7. The van der Waals surface area contributed by atoms with Crippen LogP contribution in [-0.4, -0.2) is 67.6 Å². The third kappa shape index (κ3) is 5.71. The van der Waals surface area contributed by atoms with E-state index in [9.17, 15) is 4.79 Å². The van der Waals surface area contributed by atoms with E-state index in [1.165, 1.54) is 5.56 Å². The van der Waals surface area contributed by atoms with Crippen LogP contribution in [0, 0.1) is 0 Å². The van der Waals surface area contributed by atoms with Crippen molar-refractivity contribution in [1.82, 2.24) is 15.1 Å². The standard InChI is InChI=1S/C21H32N4O2/c1-3-8-23-21(26)7-11-25-13-12-24(16-17(25)2)10-6-18-4-5-19-20(15-18)27-14-9-22-19/h3-5,8,15,17,22H,6-7,9-14,16H2,1-2H3,(H,23,26)/b8-3+. The number of allylic oxidation sites excluding steroid dienone is 1. The molecule has 1 aromatic carbocycles. The first kappa shape index (κ1) is 19.7. The van der Waals surface area contributed by atoms with E-state index in [4.69, 9.17) is 4.74 Å². The number of nitrogens with one attached hydrogen (secondary N) is 2. The van der Waals surface area contributed by atoms with Gasteiger partial charge in [-0.05, 0) is 44.2 Å². The number of benzene rings is 1. The van der Waals surface area contributed by atoms with Gasteiger partial charge in [-0.1, -0.05) is 12.1 Å². The second-order valence-corrected chi connectivity index (χ2v) is 7.36. The minimum absolute atomic E-state index is 0.0897. The summed E-state index contributed by atoms with van der Waals surface area (Å²) in [5.74, 6) is 1.07. The van der Waals surface area contributed by atoms with Gasteiger partial charge in [0.15, 0.2) is 0 Å². The second kappa shape index (κ2) is 9.76. The molecule has 1 saturated heterocycles. The van der Waals surface area contributed by atoms with Crippen LogP contribution in [0.2, 0.25) is 0 Å². The fourth-order valence-corrected chi connectivity index (χ4v) is 3.72. The fraction of sp³-hybridized carbons (Fsp3) is 0.571. The number of fused-ring (bicyclic) bond motifs is 1. The molecule has 2 aliphatic rings. The van der Waals surface area contributed by atoms with Crippen LogP contribution >= 0.6 is 0 Å². The van der Waals surface area contributed by atoms with Gasteiger partial charge in [0.25, 0.3) is 0 Å². The van der Waals surface area contributed by atoms with Crippen LogP contribution < -0.4 is 15.4 Å². The molecule has 0 radical (unpaired) electrons. The lowest BCUT2D eigenvalue weighted by Gasteiger charge is -2.39.